The number of carbonyl (C=O) groups excluding carboxylic acids is 1. The van der Waals surface area contributed by atoms with E-state index in [-0.39, 0.29) is 0 Å². The van der Waals surface area contributed by atoms with E-state index < -0.39 is 0 Å². The Morgan fingerprint density at radius 2 is 1.93 bits per heavy atom. The van der Waals surface area contributed by atoms with Gasteiger partial charge in [0.2, 0.25) is 0 Å². The normalized spacial score (nSPS) is 19.9. The van der Waals surface area contributed by atoms with Crippen molar-refractivity contribution in [2.24, 2.45) is 5.92 Å². The van der Waals surface area contributed by atoms with Crippen LogP contribution in [-0.4, -0.2) is 30.3 Å². The molecule has 0 radical (unpaired) electrons. The highest BCUT2D eigenvalue weighted by molar-refractivity contribution is 5.80. The number of piperidine rings is 1. The van der Waals surface area contributed by atoms with Crippen molar-refractivity contribution in [2.75, 3.05) is 19.6 Å². The molecule has 0 aliphatic carbocycles. The van der Waals surface area contributed by atoms with E-state index in [0.29, 0.717) is 12.3 Å². The van der Waals surface area contributed by atoms with E-state index in [1.54, 1.807) is 0 Å². The monoisotopic (exact) mass is 197 g/mol. The summed E-state index contributed by atoms with van der Waals surface area (Å²) in [5.74, 6) is 1.33. The standard InChI is InChI=1S/C12H23NO/c1-3-5-12(14)10-13-8-6-11(4-2)7-9-13/h11H,3-10H2,1-2H3. The van der Waals surface area contributed by atoms with Gasteiger partial charge in [0.25, 0.3) is 0 Å². The van der Waals surface area contributed by atoms with Crippen molar-refractivity contribution >= 4 is 5.78 Å². The molecule has 0 aromatic carbocycles. The summed E-state index contributed by atoms with van der Waals surface area (Å²) in [5.41, 5.74) is 0. The molecule has 2 nitrogen and oxygen atoms in total. The van der Waals surface area contributed by atoms with Crippen LogP contribution in [-0.2, 0) is 4.79 Å². The lowest BCUT2D eigenvalue weighted by Crippen LogP contribution is -2.37. The second-order valence-electron chi connectivity index (χ2n) is 4.42. The summed E-state index contributed by atoms with van der Waals surface area (Å²) >= 11 is 0. The first-order chi connectivity index (χ1) is 6.76. The summed E-state index contributed by atoms with van der Waals surface area (Å²) in [6.07, 6.45) is 5.63. The number of nitrogens with zero attached hydrogens (tertiary/aromatic N) is 1. The van der Waals surface area contributed by atoms with Crippen molar-refractivity contribution in [3.8, 4) is 0 Å². The number of ketones is 1. The Morgan fingerprint density at radius 1 is 1.29 bits per heavy atom. The minimum Gasteiger partial charge on any atom is -0.298 e. The number of hydrogen-bond donors (Lipinski definition) is 0. The van der Waals surface area contributed by atoms with Crippen LogP contribution in [0, 0.1) is 5.92 Å². The van der Waals surface area contributed by atoms with Crippen molar-refractivity contribution in [1.82, 2.24) is 4.90 Å². The van der Waals surface area contributed by atoms with Crippen LogP contribution in [0.1, 0.15) is 46.0 Å². The Hall–Kier alpha value is -0.370. The molecule has 2 heteroatoms. The molecule has 0 atom stereocenters. The third-order valence-corrected chi connectivity index (χ3v) is 3.21. The number of rotatable bonds is 5. The minimum absolute atomic E-state index is 0.419. The first-order valence-electron chi connectivity index (χ1n) is 6.00. The van der Waals surface area contributed by atoms with Gasteiger partial charge in [0.05, 0.1) is 6.54 Å². The number of likely N-dealkylation sites (tertiary alicyclic amines) is 1. The lowest BCUT2D eigenvalue weighted by Gasteiger charge is -2.30. The van der Waals surface area contributed by atoms with E-state index in [1.165, 1.54) is 19.3 Å². The zero-order valence-corrected chi connectivity index (χ0v) is 9.59. The summed E-state index contributed by atoms with van der Waals surface area (Å²) in [6.45, 7) is 7.30. The van der Waals surface area contributed by atoms with Crippen LogP contribution in [0.25, 0.3) is 0 Å². The zero-order valence-electron chi connectivity index (χ0n) is 9.59. The Bertz CT molecular complexity index is 171. The summed E-state index contributed by atoms with van der Waals surface area (Å²) in [5, 5.41) is 0. The van der Waals surface area contributed by atoms with Gasteiger partial charge in [-0.15, -0.1) is 0 Å². The molecule has 1 rings (SSSR count). The van der Waals surface area contributed by atoms with Gasteiger partial charge in [-0.1, -0.05) is 20.3 Å². The van der Waals surface area contributed by atoms with Gasteiger partial charge in [-0.05, 0) is 38.3 Å². The Labute approximate surface area is 87.7 Å². The van der Waals surface area contributed by atoms with Crippen molar-refractivity contribution in [3.05, 3.63) is 0 Å². The fourth-order valence-electron chi connectivity index (χ4n) is 2.16. The molecule has 1 heterocycles. The van der Waals surface area contributed by atoms with Crippen molar-refractivity contribution in [3.63, 3.8) is 0 Å². The van der Waals surface area contributed by atoms with Gasteiger partial charge in [-0.2, -0.15) is 0 Å². The van der Waals surface area contributed by atoms with Gasteiger partial charge in [0, 0.05) is 6.42 Å². The number of carbonyl (C=O) groups is 1. The quantitative estimate of drug-likeness (QED) is 0.675. The average molecular weight is 197 g/mol. The Kier molecular flexibility index (Phi) is 5.16. The largest absolute Gasteiger partial charge is 0.298 e. The third kappa shape index (κ3) is 3.79. The van der Waals surface area contributed by atoms with Gasteiger partial charge in [-0.25, -0.2) is 0 Å². The molecule has 14 heavy (non-hydrogen) atoms. The maximum absolute atomic E-state index is 11.4. The maximum Gasteiger partial charge on any atom is 0.146 e. The van der Waals surface area contributed by atoms with Crippen molar-refractivity contribution < 1.29 is 4.79 Å². The summed E-state index contributed by atoms with van der Waals surface area (Å²) in [6, 6.07) is 0. The molecule has 1 aliphatic heterocycles. The number of hydrogen-bond acceptors (Lipinski definition) is 2. The van der Waals surface area contributed by atoms with Gasteiger partial charge in [-0.3, -0.25) is 9.69 Å². The first-order valence-corrected chi connectivity index (χ1v) is 6.00. The minimum atomic E-state index is 0.419. The van der Waals surface area contributed by atoms with Crippen LogP contribution in [0.3, 0.4) is 0 Å². The fourth-order valence-corrected chi connectivity index (χ4v) is 2.16. The van der Waals surface area contributed by atoms with Crippen LogP contribution in [0.5, 0.6) is 0 Å². The SMILES string of the molecule is CCCC(=O)CN1CCC(CC)CC1. The van der Waals surface area contributed by atoms with Crippen LogP contribution >= 0.6 is 0 Å². The smallest absolute Gasteiger partial charge is 0.146 e. The predicted octanol–water partition coefficient (Wildman–Crippen LogP) is 2.48. The first kappa shape index (κ1) is 11.7. The molecule has 0 bridgehead atoms. The zero-order chi connectivity index (χ0) is 10.4. The Balaban J connectivity index is 2.18. The molecule has 1 saturated heterocycles. The van der Waals surface area contributed by atoms with Crippen molar-refractivity contribution in [2.45, 2.75) is 46.0 Å². The maximum atomic E-state index is 11.4. The van der Waals surface area contributed by atoms with E-state index in [1.807, 2.05) is 0 Å². The molecule has 0 amide bonds. The van der Waals surface area contributed by atoms with E-state index >= 15 is 0 Å². The predicted molar refractivity (Wildman–Crippen MR) is 59.4 cm³/mol. The lowest BCUT2D eigenvalue weighted by atomic mass is 9.94. The van der Waals surface area contributed by atoms with Gasteiger partial charge >= 0.3 is 0 Å². The van der Waals surface area contributed by atoms with Crippen molar-refractivity contribution in [1.29, 1.82) is 0 Å². The van der Waals surface area contributed by atoms with Crippen LogP contribution in [0.15, 0.2) is 0 Å². The summed E-state index contributed by atoms with van der Waals surface area (Å²) < 4.78 is 0. The van der Waals surface area contributed by atoms with Crippen LogP contribution < -0.4 is 0 Å². The molecular weight excluding hydrogens is 174 g/mol. The topological polar surface area (TPSA) is 20.3 Å². The summed E-state index contributed by atoms with van der Waals surface area (Å²) in [4.78, 5) is 13.7. The molecule has 0 spiro atoms. The van der Waals surface area contributed by atoms with E-state index in [2.05, 4.69) is 18.7 Å². The Morgan fingerprint density at radius 3 is 2.43 bits per heavy atom. The molecular formula is C12H23NO. The fraction of sp³-hybridized carbons (Fsp3) is 0.917. The highest BCUT2D eigenvalue weighted by atomic mass is 16.1. The van der Waals surface area contributed by atoms with Gasteiger partial charge < -0.3 is 0 Å². The van der Waals surface area contributed by atoms with Crippen LogP contribution in [0.2, 0.25) is 0 Å². The van der Waals surface area contributed by atoms with E-state index in [4.69, 9.17) is 0 Å². The van der Waals surface area contributed by atoms with Gasteiger partial charge in [0.15, 0.2) is 0 Å². The average Bonchev–Trinajstić information content (AvgIpc) is 2.19. The molecule has 0 unspecified atom stereocenters. The summed E-state index contributed by atoms with van der Waals surface area (Å²) in [7, 11) is 0. The molecule has 0 saturated carbocycles. The van der Waals surface area contributed by atoms with E-state index in [0.717, 1.165) is 31.8 Å². The van der Waals surface area contributed by atoms with Crippen LogP contribution in [0.4, 0.5) is 0 Å². The highest BCUT2D eigenvalue weighted by Crippen LogP contribution is 2.19. The third-order valence-electron chi connectivity index (χ3n) is 3.21. The highest BCUT2D eigenvalue weighted by Gasteiger charge is 2.18. The van der Waals surface area contributed by atoms with E-state index in [9.17, 15) is 4.79 Å². The molecule has 0 aromatic heterocycles. The molecule has 0 aromatic rings. The molecule has 0 N–H and O–H groups in total. The van der Waals surface area contributed by atoms with Gasteiger partial charge in [0.1, 0.15) is 5.78 Å². The lowest BCUT2D eigenvalue weighted by molar-refractivity contribution is -0.120. The molecule has 1 fully saturated rings. The molecule has 82 valence electrons. The second-order valence-corrected chi connectivity index (χ2v) is 4.42. The second kappa shape index (κ2) is 6.18. The molecule has 1 aliphatic rings. The number of Topliss-reactive ketones (excluding diaryl/α,β-unsaturated/α-hetero) is 1.